The third-order valence-electron chi connectivity index (χ3n) is 2.73. The molecule has 0 aromatic carbocycles. The van der Waals surface area contributed by atoms with Crippen molar-refractivity contribution in [2.45, 2.75) is 51.2 Å². The maximum Gasteiger partial charge on any atom is 0.222 e. The molecule has 3 N–H and O–H groups in total. The first kappa shape index (κ1) is 12.5. The minimum absolute atomic E-state index is 0.118. The number of hydrogen-bond donors (Lipinski definition) is 2. The van der Waals surface area contributed by atoms with Gasteiger partial charge in [-0.1, -0.05) is 0 Å². The molecule has 0 aliphatic carbocycles. The second kappa shape index (κ2) is 4.94. The van der Waals surface area contributed by atoms with Crippen molar-refractivity contribution in [1.82, 2.24) is 4.90 Å². The Balaban J connectivity index is 2.33. The minimum Gasteiger partial charge on any atom is -0.391 e. The predicted octanol–water partition coefficient (Wildman–Crippen LogP) is 0.487. The van der Waals surface area contributed by atoms with Crippen LogP contribution in [0.25, 0.3) is 0 Å². The van der Waals surface area contributed by atoms with Gasteiger partial charge in [0.25, 0.3) is 0 Å². The molecule has 1 fully saturated rings. The van der Waals surface area contributed by atoms with Crippen LogP contribution in [0, 0.1) is 0 Å². The second-order valence-electron chi connectivity index (χ2n) is 5.12. The largest absolute Gasteiger partial charge is 0.391 e. The Morgan fingerprint density at radius 1 is 1.60 bits per heavy atom. The van der Waals surface area contributed by atoms with Crippen LogP contribution in [0.4, 0.5) is 0 Å². The molecule has 1 atom stereocenters. The van der Waals surface area contributed by atoms with Gasteiger partial charge in [-0.15, -0.1) is 0 Å². The molecule has 0 aromatic rings. The standard InChI is InChI=1S/C11H22N2O2/c1-11(2,12)6-5-10(15)13-7-3-4-9(14)8-13/h9,14H,3-8,12H2,1-2H3/t9-/m0/s1. The number of nitrogens with zero attached hydrogens (tertiary/aromatic N) is 1. The zero-order chi connectivity index (χ0) is 11.5. The molecule has 1 heterocycles. The molecule has 0 bridgehead atoms. The topological polar surface area (TPSA) is 66.6 Å². The predicted molar refractivity (Wildman–Crippen MR) is 59.3 cm³/mol. The second-order valence-corrected chi connectivity index (χ2v) is 5.12. The SMILES string of the molecule is CC(C)(N)CCC(=O)N1CCC[C@H](O)C1. The lowest BCUT2D eigenvalue weighted by molar-refractivity contribution is -0.134. The average Bonchev–Trinajstić information content (AvgIpc) is 2.13. The zero-order valence-corrected chi connectivity index (χ0v) is 9.70. The number of aliphatic hydroxyl groups excluding tert-OH is 1. The number of piperidine rings is 1. The van der Waals surface area contributed by atoms with Crippen molar-refractivity contribution in [2.75, 3.05) is 13.1 Å². The van der Waals surface area contributed by atoms with E-state index in [1.807, 2.05) is 13.8 Å². The van der Waals surface area contributed by atoms with E-state index in [-0.39, 0.29) is 17.6 Å². The van der Waals surface area contributed by atoms with Gasteiger partial charge >= 0.3 is 0 Å². The van der Waals surface area contributed by atoms with Gasteiger partial charge < -0.3 is 15.7 Å². The van der Waals surface area contributed by atoms with E-state index in [0.29, 0.717) is 19.4 Å². The summed E-state index contributed by atoms with van der Waals surface area (Å²) in [6.45, 7) is 5.11. The zero-order valence-electron chi connectivity index (χ0n) is 9.70. The monoisotopic (exact) mass is 214 g/mol. The maximum absolute atomic E-state index is 11.7. The smallest absolute Gasteiger partial charge is 0.222 e. The molecule has 0 saturated carbocycles. The number of carbonyl (C=O) groups is 1. The molecule has 1 amide bonds. The number of nitrogens with two attached hydrogens (primary N) is 1. The summed E-state index contributed by atoms with van der Waals surface area (Å²) >= 11 is 0. The van der Waals surface area contributed by atoms with E-state index in [1.165, 1.54) is 0 Å². The molecule has 0 radical (unpaired) electrons. The molecule has 88 valence electrons. The van der Waals surface area contributed by atoms with Crippen LogP contribution in [0.1, 0.15) is 39.5 Å². The van der Waals surface area contributed by atoms with Crippen molar-refractivity contribution in [2.24, 2.45) is 5.73 Å². The van der Waals surface area contributed by atoms with Crippen LogP contribution >= 0.6 is 0 Å². The Morgan fingerprint density at radius 2 is 2.27 bits per heavy atom. The molecule has 15 heavy (non-hydrogen) atoms. The van der Waals surface area contributed by atoms with Gasteiger partial charge in [-0.2, -0.15) is 0 Å². The van der Waals surface area contributed by atoms with Crippen molar-refractivity contribution in [3.63, 3.8) is 0 Å². The minimum atomic E-state index is -0.339. The van der Waals surface area contributed by atoms with E-state index < -0.39 is 0 Å². The van der Waals surface area contributed by atoms with Crippen molar-refractivity contribution < 1.29 is 9.90 Å². The highest BCUT2D eigenvalue weighted by Gasteiger charge is 2.23. The molecule has 0 aromatic heterocycles. The number of amides is 1. The van der Waals surface area contributed by atoms with Crippen molar-refractivity contribution >= 4 is 5.91 Å². The van der Waals surface area contributed by atoms with Crippen LogP contribution in [0.5, 0.6) is 0 Å². The van der Waals surface area contributed by atoms with Gasteiger partial charge in [0.05, 0.1) is 6.10 Å². The van der Waals surface area contributed by atoms with Crippen molar-refractivity contribution in [3.8, 4) is 0 Å². The van der Waals surface area contributed by atoms with Gasteiger partial charge in [0.2, 0.25) is 5.91 Å². The van der Waals surface area contributed by atoms with Crippen LogP contribution < -0.4 is 5.73 Å². The fourth-order valence-electron chi connectivity index (χ4n) is 1.77. The molecule has 4 nitrogen and oxygen atoms in total. The number of β-amino-alcohol motifs (C(OH)–C–C–N with tert-alkyl or cyclic N) is 1. The van der Waals surface area contributed by atoms with Crippen LogP contribution in [0.3, 0.4) is 0 Å². The van der Waals surface area contributed by atoms with Gasteiger partial charge in [-0.3, -0.25) is 4.79 Å². The van der Waals surface area contributed by atoms with E-state index >= 15 is 0 Å². The van der Waals surface area contributed by atoms with Crippen LogP contribution in [-0.4, -0.2) is 40.6 Å². The first-order valence-corrected chi connectivity index (χ1v) is 5.63. The Labute approximate surface area is 91.4 Å². The van der Waals surface area contributed by atoms with Crippen LogP contribution in [0.15, 0.2) is 0 Å². The van der Waals surface area contributed by atoms with Crippen LogP contribution in [0.2, 0.25) is 0 Å². The highest BCUT2D eigenvalue weighted by atomic mass is 16.3. The number of likely N-dealkylation sites (tertiary alicyclic amines) is 1. The average molecular weight is 214 g/mol. The summed E-state index contributed by atoms with van der Waals surface area (Å²) in [5, 5.41) is 9.44. The lowest BCUT2D eigenvalue weighted by Gasteiger charge is -2.31. The summed E-state index contributed by atoms with van der Waals surface area (Å²) in [6, 6.07) is 0. The third-order valence-corrected chi connectivity index (χ3v) is 2.73. The summed E-state index contributed by atoms with van der Waals surface area (Å²) in [7, 11) is 0. The molecular weight excluding hydrogens is 192 g/mol. The normalized spacial score (nSPS) is 22.9. The third kappa shape index (κ3) is 4.62. The maximum atomic E-state index is 11.7. The van der Waals surface area contributed by atoms with Crippen LogP contribution in [-0.2, 0) is 4.79 Å². The molecule has 1 aliphatic rings. The first-order valence-electron chi connectivity index (χ1n) is 5.63. The highest BCUT2D eigenvalue weighted by Crippen LogP contribution is 2.14. The van der Waals surface area contributed by atoms with Gasteiger partial charge in [-0.05, 0) is 33.1 Å². The van der Waals surface area contributed by atoms with Crippen molar-refractivity contribution in [3.05, 3.63) is 0 Å². The number of aliphatic hydroxyl groups is 1. The summed E-state index contributed by atoms with van der Waals surface area (Å²) in [5.41, 5.74) is 5.53. The van der Waals surface area contributed by atoms with E-state index in [0.717, 1.165) is 19.4 Å². The van der Waals surface area contributed by atoms with E-state index in [9.17, 15) is 9.90 Å². The number of rotatable bonds is 3. The summed E-state index contributed by atoms with van der Waals surface area (Å²) < 4.78 is 0. The Morgan fingerprint density at radius 3 is 2.80 bits per heavy atom. The molecule has 0 unspecified atom stereocenters. The lowest BCUT2D eigenvalue weighted by Crippen LogP contribution is -2.43. The fourth-order valence-corrected chi connectivity index (χ4v) is 1.77. The highest BCUT2D eigenvalue weighted by molar-refractivity contribution is 5.76. The summed E-state index contributed by atoms with van der Waals surface area (Å²) in [6.07, 6.45) is 2.55. The van der Waals surface area contributed by atoms with E-state index in [2.05, 4.69) is 0 Å². The quantitative estimate of drug-likeness (QED) is 0.718. The van der Waals surface area contributed by atoms with E-state index in [1.54, 1.807) is 4.90 Å². The summed E-state index contributed by atoms with van der Waals surface area (Å²) in [5.74, 6) is 0.118. The Hall–Kier alpha value is -0.610. The van der Waals surface area contributed by atoms with Crippen molar-refractivity contribution in [1.29, 1.82) is 0 Å². The molecule has 1 rings (SSSR count). The number of hydrogen-bond acceptors (Lipinski definition) is 3. The molecule has 4 heteroatoms. The summed E-state index contributed by atoms with van der Waals surface area (Å²) in [4.78, 5) is 13.5. The van der Waals surface area contributed by atoms with E-state index in [4.69, 9.17) is 5.73 Å². The van der Waals surface area contributed by atoms with Gasteiger partial charge in [0.1, 0.15) is 0 Å². The molecular formula is C11H22N2O2. The van der Waals surface area contributed by atoms with Gasteiger partial charge in [-0.25, -0.2) is 0 Å². The fraction of sp³-hybridized carbons (Fsp3) is 0.909. The Kier molecular flexibility index (Phi) is 4.11. The molecule has 1 saturated heterocycles. The lowest BCUT2D eigenvalue weighted by atomic mass is 9.99. The first-order chi connectivity index (χ1) is 6.88. The van der Waals surface area contributed by atoms with Gasteiger partial charge in [0.15, 0.2) is 0 Å². The number of carbonyl (C=O) groups excluding carboxylic acids is 1. The van der Waals surface area contributed by atoms with Gasteiger partial charge in [0, 0.05) is 25.0 Å². The molecule has 1 aliphatic heterocycles. The molecule has 0 spiro atoms. The Bertz CT molecular complexity index is 223.